The van der Waals surface area contributed by atoms with Gasteiger partial charge in [-0.05, 0) is 36.8 Å². The van der Waals surface area contributed by atoms with Crippen LogP contribution in [0.15, 0.2) is 47.3 Å². The fraction of sp³-hybridized carbons (Fsp3) is 0.150. The minimum atomic E-state index is -0.691. The number of aromatic nitrogens is 2. The highest BCUT2D eigenvalue weighted by atomic mass is 35.5. The maximum absolute atomic E-state index is 12.9. The van der Waals surface area contributed by atoms with Crippen LogP contribution < -0.4 is 10.9 Å². The molecule has 0 saturated carbocycles. The van der Waals surface area contributed by atoms with Gasteiger partial charge in [-0.1, -0.05) is 42.0 Å². The maximum Gasteiger partial charge on any atom is 0.267 e. The molecule has 0 fully saturated rings. The summed E-state index contributed by atoms with van der Waals surface area (Å²) in [5.74, 6) is -1.02. The average molecular weight is 414 g/mol. The number of amides is 1. The van der Waals surface area contributed by atoms with Gasteiger partial charge >= 0.3 is 0 Å². The molecule has 4 rings (SSSR count). The van der Waals surface area contributed by atoms with E-state index < -0.39 is 11.5 Å². The summed E-state index contributed by atoms with van der Waals surface area (Å²) >= 11 is 7.23. The SMILES string of the molecule is CCCn1c(=O)c(C(=O)Nc2nc3ccc(Cl)cc3s2)c(O)c2ccccc21. The molecule has 2 aromatic heterocycles. The highest BCUT2D eigenvalue weighted by Gasteiger charge is 2.23. The summed E-state index contributed by atoms with van der Waals surface area (Å²) in [6, 6.07) is 12.2. The minimum absolute atomic E-state index is 0.288. The van der Waals surface area contributed by atoms with Crippen molar-refractivity contribution < 1.29 is 9.90 Å². The van der Waals surface area contributed by atoms with Crippen LogP contribution in [0.3, 0.4) is 0 Å². The average Bonchev–Trinajstić information content (AvgIpc) is 3.06. The van der Waals surface area contributed by atoms with Crippen LogP contribution in [-0.4, -0.2) is 20.6 Å². The Kier molecular flexibility index (Phi) is 4.78. The zero-order valence-corrected chi connectivity index (χ0v) is 16.5. The van der Waals surface area contributed by atoms with Crippen LogP contribution in [0, 0.1) is 0 Å². The smallest absolute Gasteiger partial charge is 0.267 e. The Morgan fingerprint density at radius 2 is 2.07 bits per heavy atom. The fourth-order valence-electron chi connectivity index (χ4n) is 3.15. The van der Waals surface area contributed by atoms with Gasteiger partial charge in [-0.25, -0.2) is 4.98 Å². The number of thiazole rings is 1. The van der Waals surface area contributed by atoms with Gasteiger partial charge in [-0.3, -0.25) is 14.9 Å². The van der Waals surface area contributed by atoms with Gasteiger partial charge < -0.3 is 9.67 Å². The number of carbonyl (C=O) groups is 1. The number of aromatic hydroxyl groups is 1. The van der Waals surface area contributed by atoms with Gasteiger partial charge in [0.05, 0.1) is 15.7 Å². The number of rotatable bonds is 4. The van der Waals surface area contributed by atoms with E-state index in [0.717, 1.165) is 4.70 Å². The molecule has 2 aromatic carbocycles. The second kappa shape index (κ2) is 7.26. The Bertz CT molecular complexity index is 1280. The van der Waals surface area contributed by atoms with E-state index in [1.165, 1.54) is 15.9 Å². The molecule has 6 nitrogen and oxygen atoms in total. The van der Waals surface area contributed by atoms with Crippen LogP contribution in [0.4, 0.5) is 5.13 Å². The molecule has 2 N–H and O–H groups in total. The van der Waals surface area contributed by atoms with E-state index in [9.17, 15) is 14.7 Å². The zero-order chi connectivity index (χ0) is 19.8. The molecule has 0 aliphatic carbocycles. The van der Waals surface area contributed by atoms with Crippen molar-refractivity contribution in [3.63, 3.8) is 0 Å². The van der Waals surface area contributed by atoms with Crippen LogP contribution >= 0.6 is 22.9 Å². The number of para-hydroxylation sites is 1. The lowest BCUT2D eigenvalue weighted by molar-refractivity contribution is 0.102. The van der Waals surface area contributed by atoms with Crippen LogP contribution in [0.2, 0.25) is 5.02 Å². The Morgan fingerprint density at radius 1 is 1.29 bits per heavy atom. The third kappa shape index (κ3) is 3.12. The topological polar surface area (TPSA) is 84.2 Å². The molecule has 0 saturated heterocycles. The van der Waals surface area contributed by atoms with Crippen molar-refractivity contribution in [1.29, 1.82) is 0 Å². The van der Waals surface area contributed by atoms with Crippen molar-refractivity contribution in [3.8, 4) is 5.75 Å². The predicted octanol–water partition coefficient (Wildman–Crippen LogP) is 4.63. The number of aryl methyl sites for hydroxylation is 1. The van der Waals surface area contributed by atoms with Gasteiger partial charge in [-0.2, -0.15) is 0 Å². The Labute approximate surface area is 169 Å². The van der Waals surface area contributed by atoms with Gasteiger partial charge in [-0.15, -0.1) is 0 Å². The first kappa shape index (κ1) is 18.5. The molecule has 0 aliphatic heterocycles. The molecule has 28 heavy (non-hydrogen) atoms. The van der Waals surface area contributed by atoms with E-state index in [1.54, 1.807) is 42.5 Å². The highest BCUT2D eigenvalue weighted by molar-refractivity contribution is 7.22. The summed E-state index contributed by atoms with van der Waals surface area (Å²) in [5.41, 5.74) is 0.470. The van der Waals surface area contributed by atoms with Crippen molar-refractivity contribution in [2.75, 3.05) is 5.32 Å². The normalized spacial score (nSPS) is 11.2. The summed E-state index contributed by atoms with van der Waals surface area (Å²) in [6.07, 6.45) is 0.717. The van der Waals surface area contributed by atoms with Crippen molar-refractivity contribution in [2.24, 2.45) is 0 Å². The number of benzene rings is 2. The number of hydrogen-bond acceptors (Lipinski definition) is 5. The van der Waals surface area contributed by atoms with Crippen molar-refractivity contribution in [1.82, 2.24) is 9.55 Å². The fourth-order valence-corrected chi connectivity index (χ4v) is 4.29. The first-order chi connectivity index (χ1) is 13.5. The highest BCUT2D eigenvalue weighted by Crippen LogP contribution is 2.30. The zero-order valence-electron chi connectivity index (χ0n) is 14.9. The lowest BCUT2D eigenvalue weighted by Gasteiger charge is -2.13. The summed E-state index contributed by atoms with van der Waals surface area (Å²) in [7, 11) is 0. The maximum atomic E-state index is 12.9. The Balaban J connectivity index is 1.80. The van der Waals surface area contributed by atoms with E-state index >= 15 is 0 Å². The number of halogens is 1. The third-order valence-electron chi connectivity index (χ3n) is 4.39. The number of nitrogens with one attached hydrogen (secondary N) is 1. The second-order valence-corrected chi connectivity index (χ2v) is 7.75. The number of carbonyl (C=O) groups excluding carboxylic acids is 1. The lowest BCUT2D eigenvalue weighted by atomic mass is 10.1. The molecular weight excluding hydrogens is 398 g/mol. The second-order valence-electron chi connectivity index (χ2n) is 6.28. The molecule has 0 spiro atoms. The molecule has 2 heterocycles. The summed E-state index contributed by atoms with van der Waals surface area (Å²) < 4.78 is 2.33. The number of nitrogens with zero attached hydrogens (tertiary/aromatic N) is 2. The van der Waals surface area contributed by atoms with E-state index in [1.807, 2.05) is 6.92 Å². The largest absolute Gasteiger partial charge is 0.506 e. The summed E-state index contributed by atoms with van der Waals surface area (Å²) in [4.78, 5) is 30.1. The van der Waals surface area contributed by atoms with Crippen LogP contribution in [0.1, 0.15) is 23.7 Å². The molecule has 0 atom stereocenters. The van der Waals surface area contributed by atoms with Gasteiger partial charge in [0.2, 0.25) is 0 Å². The first-order valence-corrected chi connectivity index (χ1v) is 9.91. The minimum Gasteiger partial charge on any atom is -0.506 e. The number of hydrogen-bond donors (Lipinski definition) is 2. The van der Waals surface area contributed by atoms with E-state index in [-0.39, 0.29) is 11.3 Å². The molecule has 142 valence electrons. The summed E-state index contributed by atoms with van der Waals surface area (Å²) in [5, 5.41) is 14.6. The van der Waals surface area contributed by atoms with Crippen molar-refractivity contribution in [2.45, 2.75) is 19.9 Å². The molecule has 1 amide bonds. The standard InChI is InChI=1S/C20H16ClN3O3S/c1-2-9-24-14-6-4-3-5-12(14)17(25)16(19(24)27)18(26)23-20-22-13-8-7-11(21)10-15(13)28-20/h3-8,10,25H,2,9H2,1H3,(H,22,23,26). The number of pyridine rings is 1. The monoisotopic (exact) mass is 413 g/mol. The molecule has 0 unspecified atom stereocenters. The van der Waals surface area contributed by atoms with Gasteiger partial charge in [0.1, 0.15) is 11.3 Å². The first-order valence-electron chi connectivity index (χ1n) is 8.71. The number of fused-ring (bicyclic) bond motifs is 2. The van der Waals surface area contributed by atoms with Gasteiger partial charge in [0, 0.05) is 17.0 Å². The molecule has 4 aromatic rings. The molecular formula is C20H16ClN3O3S. The van der Waals surface area contributed by atoms with Gasteiger partial charge in [0.15, 0.2) is 5.13 Å². The molecule has 0 radical (unpaired) electrons. The third-order valence-corrected chi connectivity index (χ3v) is 5.56. The van der Waals surface area contributed by atoms with Crippen LogP contribution in [0.25, 0.3) is 21.1 Å². The Morgan fingerprint density at radius 3 is 2.86 bits per heavy atom. The molecule has 8 heteroatoms. The van der Waals surface area contributed by atoms with E-state index in [4.69, 9.17) is 11.6 Å². The van der Waals surface area contributed by atoms with E-state index in [0.29, 0.717) is 39.5 Å². The summed E-state index contributed by atoms with van der Waals surface area (Å²) in [6.45, 7) is 2.39. The predicted molar refractivity (Wildman–Crippen MR) is 113 cm³/mol. The quantitative estimate of drug-likeness (QED) is 0.510. The van der Waals surface area contributed by atoms with E-state index in [2.05, 4.69) is 10.3 Å². The van der Waals surface area contributed by atoms with Crippen LogP contribution in [0.5, 0.6) is 5.75 Å². The van der Waals surface area contributed by atoms with Crippen molar-refractivity contribution in [3.05, 3.63) is 63.4 Å². The lowest BCUT2D eigenvalue weighted by Crippen LogP contribution is -2.29. The number of anilines is 1. The molecule has 0 aliphatic rings. The Hall–Kier alpha value is -2.90. The van der Waals surface area contributed by atoms with Crippen molar-refractivity contribution >= 4 is 55.1 Å². The molecule has 0 bridgehead atoms. The van der Waals surface area contributed by atoms with Gasteiger partial charge in [0.25, 0.3) is 11.5 Å². The van der Waals surface area contributed by atoms with Crippen LogP contribution in [-0.2, 0) is 6.54 Å².